The Hall–Kier alpha value is -0.610. The van der Waals surface area contributed by atoms with E-state index in [2.05, 4.69) is 24.1 Å². The highest BCUT2D eigenvalue weighted by atomic mass is 16.5. The van der Waals surface area contributed by atoms with Gasteiger partial charge >= 0.3 is 0 Å². The van der Waals surface area contributed by atoms with Gasteiger partial charge in [0.2, 0.25) is 5.91 Å². The van der Waals surface area contributed by atoms with E-state index in [0.29, 0.717) is 5.91 Å². The smallest absolute Gasteiger partial charge is 0.244 e. The number of rotatable bonds is 3. The lowest BCUT2D eigenvalue weighted by Gasteiger charge is -2.31. The zero-order valence-electron chi connectivity index (χ0n) is 10.7. The van der Waals surface area contributed by atoms with E-state index < -0.39 is 0 Å². The van der Waals surface area contributed by atoms with Crippen molar-refractivity contribution in [1.82, 2.24) is 10.2 Å². The Kier molecular flexibility index (Phi) is 2.67. The molecule has 1 saturated carbocycles. The third-order valence-corrected chi connectivity index (χ3v) is 4.43. The van der Waals surface area contributed by atoms with Crippen LogP contribution in [0.5, 0.6) is 0 Å². The van der Waals surface area contributed by atoms with Crippen molar-refractivity contribution in [3.8, 4) is 0 Å². The van der Waals surface area contributed by atoms with E-state index in [4.69, 9.17) is 4.74 Å². The molecule has 4 nitrogen and oxygen atoms in total. The first-order chi connectivity index (χ1) is 8.18. The largest absolute Gasteiger partial charge is 0.376 e. The molecule has 1 amide bonds. The summed E-state index contributed by atoms with van der Waals surface area (Å²) in [5.74, 6) is 0.332. The summed E-state index contributed by atoms with van der Waals surface area (Å²) in [7, 11) is 0. The summed E-state index contributed by atoms with van der Waals surface area (Å²) in [5.41, 5.74) is -0.178. The number of nitrogens with zero attached hydrogens (tertiary/aromatic N) is 1. The molecule has 3 unspecified atom stereocenters. The van der Waals surface area contributed by atoms with E-state index in [0.717, 1.165) is 38.7 Å². The molecule has 1 N–H and O–H groups in total. The van der Waals surface area contributed by atoms with E-state index in [-0.39, 0.29) is 23.9 Å². The minimum absolute atomic E-state index is 0.178. The maximum absolute atomic E-state index is 12.5. The molecule has 0 aromatic heterocycles. The number of amides is 1. The third kappa shape index (κ3) is 1.69. The van der Waals surface area contributed by atoms with Crippen molar-refractivity contribution in [2.24, 2.45) is 0 Å². The molecule has 0 radical (unpaired) electrons. The lowest BCUT2D eigenvalue weighted by Crippen LogP contribution is -2.47. The predicted octanol–water partition coefficient (Wildman–Crippen LogP) is 1.25. The monoisotopic (exact) mass is 238 g/mol. The fourth-order valence-corrected chi connectivity index (χ4v) is 3.27. The summed E-state index contributed by atoms with van der Waals surface area (Å²) in [6, 6.07) is 0.284. The third-order valence-electron chi connectivity index (χ3n) is 4.43. The van der Waals surface area contributed by atoms with Crippen molar-refractivity contribution in [1.29, 1.82) is 0 Å². The zero-order valence-corrected chi connectivity index (χ0v) is 10.7. The van der Waals surface area contributed by atoms with Gasteiger partial charge in [-0.2, -0.15) is 0 Å². The normalized spacial score (nSPS) is 39.3. The van der Waals surface area contributed by atoms with E-state index in [1.165, 1.54) is 0 Å². The molecule has 4 heteroatoms. The summed E-state index contributed by atoms with van der Waals surface area (Å²) in [6.45, 7) is 5.06. The van der Waals surface area contributed by atoms with Crippen LogP contribution in [0.2, 0.25) is 0 Å². The van der Waals surface area contributed by atoms with Crippen LogP contribution in [-0.4, -0.2) is 41.3 Å². The molecule has 2 saturated heterocycles. The van der Waals surface area contributed by atoms with Gasteiger partial charge < -0.3 is 9.64 Å². The SMILES string of the molecule is CCCC1NC2(CC2)C(=O)N1C1CCOC1C. The molecule has 3 atom stereocenters. The molecule has 3 fully saturated rings. The van der Waals surface area contributed by atoms with Gasteiger partial charge in [0.25, 0.3) is 0 Å². The minimum atomic E-state index is -0.178. The highest BCUT2D eigenvalue weighted by molar-refractivity contribution is 5.92. The summed E-state index contributed by atoms with van der Waals surface area (Å²) in [5, 5.41) is 3.56. The predicted molar refractivity (Wildman–Crippen MR) is 64.5 cm³/mol. The number of nitrogens with one attached hydrogen (secondary N) is 1. The van der Waals surface area contributed by atoms with Crippen LogP contribution in [0.15, 0.2) is 0 Å². The van der Waals surface area contributed by atoms with Gasteiger partial charge in [-0.15, -0.1) is 0 Å². The Balaban J connectivity index is 1.81. The molecule has 2 aliphatic heterocycles. The number of ether oxygens (including phenoxy) is 1. The molecule has 17 heavy (non-hydrogen) atoms. The van der Waals surface area contributed by atoms with Crippen LogP contribution in [0.1, 0.15) is 46.0 Å². The van der Waals surface area contributed by atoms with Crippen LogP contribution in [0.25, 0.3) is 0 Å². The molecule has 1 spiro atoms. The van der Waals surface area contributed by atoms with E-state index in [9.17, 15) is 4.79 Å². The fourth-order valence-electron chi connectivity index (χ4n) is 3.27. The molecular weight excluding hydrogens is 216 g/mol. The summed E-state index contributed by atoms with van der Waals surface area (Å²) in [6.07, 6.45) is 5.62. The molecular formula is C13H22N2O2. The molecule has 96 valence electrons. The van der Waals surface area contributed by atoms with E-state index in [1.807, 2.05) is 0 Å². The molecule has 0 bridgehead atoms. The van der Waals surface area contributed by atoms with Gasteiger partial charge in [0.15, 0.2) is 0 Å². The van der Waals surface area contributed by atoms with Gasteiger partial charge in [-0.1, -0.05) is 13.3 Å². The average molecular weight is 238 g/mol. The van der Waals surface area contributed by atoms with Crippen LogP contribution in [0, 0.1) is 0 Å². The van der Waals surface area contributed by atoms with Gasteiger partial charge in [0.05, 0.1) is 23.9 Å². The number of carbonyl (C=O) groups is 1. The van der Waals surface area contributed by atoms with Crippen LogP contribution < -0.4 is 5.32 Å². The van der Waals surface area contributed by atoms with E-state index in [1.54, 1.807) is 0 Å². The zero-order chi connectivity index (χ0) is 12.0. The quantitative estimate of drug-likeness (QED) is 0.804. The maximum Gasteiger partial charge on any atom is 0.244 e. The molecule has 0 aromatic rings. The maximum atomic E-state index is 12.5. The van der Waals surface area contributed by atoms with Gasteiger partial charge in [-0.3, -0.25) is 10.1 Å². The highest BCUT2D eigenvalue weighted by Crippen LogP contribution is 2.44. The Morgan fingerprint density at radius 3 is 2.82 bits per heavy atom. The van der Waals surface area contributed by atoms with Crippen molar-refractivity contribution >= 4 is 5.91 Å². The van der Waals surface area contributed by atoms with E-state index >= 15 is 0 Å². The summed E-state index contributed by atoms with van der Waals surface area (Å²) in [4.78, 5) is 14.6. The number of hydrogen-bond acceptors (Lipinski definition) is 3. The van der Waals surface area contributed by atoms with Crippen LogP contribution in [-0.2, 0) is 9.53 Å². The second kappa shape index (κ2) is 3.95. The van der Waals surface area contributed by atoms with Crippen LogP contribution >= 0.6 is 0 Å². The van der Waals surface area contributed by atoms with Crippen LogP contribution in [0.4, 0.5) is 0 Å². The molecule has 2 heterocycles. The van der Waals surface area contributed by atoms with Crippen molar-refractivity contribution in [2.45, 2.75) is 69.8 Å². The van der Waals surface area contributed by atoms with Crippen LogP contribution in [0.3, 0.4) is 0 Å². The highest BCUT2D eigenvalue weighted by Gasteiger charge is 2.60. The molecule has 3 rings (SSSR count). The summed E-state index contributed by atoms with van der Waals surface area (Å²) < 4.78 is 5.62. The Morgan fingerprint density at radius 2 is 2.29 bits per heavy atom. The number of carbonyl (C=O) groups excluding carboxylic acids is 1. The van der Waals surface area contributed by atoms with Crippen molar-refractivity contribution < 1.29 is 9.53 Å². The van der Waals surface area contributed by atoms with Crippen molar-refractivity contribution in [3.05, 3.63) is 0 Å². The molecule has 1 aliphatic carbocycles. The Labute approximate surface area is 103 Å². The van der Waals surface area contributed by atoms with Gasteiger partial charge in [0.1, 0.15) is 0 Å². The van der Waals surface area contributed by atoms with Crippen molar-refractivity contribution in [3.63, 3.8) is 0 Å². The fraction of sp³-hybridized carbons (Fsp3) is 0.923. The first kappa shape index (κ1) is 11.5. The lowest BCUT2D eigenvalue weighted by molar-refractivity contribution is -0.134. The minimum Gasteiger partial charge on any atom is -0.376 e. The average Bonchev–Trinajstić information content (AvgIpc) is 2.89. The Morgan fingerprint density at radius 1 is 1.53 bits per heavy atom. The first-order valence-electron chi connectivity index (χ1n) is 6.90. The second-order valence-electron chi connectivity index (χ2n) is 5.68. The second-order valence-corrected chi connectivity index (χ2v) is 5.68. The molecule has 3 aliphatic rings. The van der Waals surface area contributed by atoms with Gasteiger partial charge in [-0.25, -0.2) is 0 Å². The van der Waals surface area contributed by atoms with Gasteiger partial charge in [-0.05, 0) is 32.6 Å². The Bertz CT molecular complexity index is 327. The molecule has 0 aromatic carbocycles. The standard InChI is InChI=1S/C13H22N2O2/c1-3-4-11-14-13(6-7-13)12(16)15(11)10-5-8-17-9(10)2/h9-11,14H,3-8H2,1-2H3. The van der Waals surface area contributed by atoms with Gasteiger partial charge in [0, 0.05) is 6.61 Å². The first-order valence-corrected chi connectivity index (χ1v) is 6.90. The summed E-state index contributed by atoms with van der Waals surface area (Å²) >= 11 is 0. The topological polar surface area (TPSA) is 41.6 Å². The van der Waals surface area contributed by atoms with Crippen molar-refractivity contribution in [2.75, 3.05) is 6.61 Å². The number of hydrogen-bond donors (Lipinski definition) is 1. The lowest BCUT2D eigenvalue weighted by atomic mass is 10.1.